The third kappa shape index (κ3) is 3.83. The number of benzene rings is 1. The van der Waals surface area contributed by atoms with Crippen LogP contribution in [0.4, 0.5) is 18.0 Å². The molecule has 0 spiro atoms. The number of nitrogens with one attached hydrogen (secondary N) is 2. The van der Waals surface area contributed by atoms with Gasteiger partial charge in [-0.15, -0.1) is 0 Å². The molecule has 4 amide bonds. The highest BCUT2D eigenvalue weighted by Crippen LogP contribution is 2.35. The standard InChI is InChI=1S/C19H22F3N3O3/c20-19(21,22)18(23-15(26)14-9-5-2-6-10-14)16(27)25(17(28)24-18)12-11-13-7-3-1-4-8-13/h1,3-4,7-8,14H,2,5-6,9-12H2,(H,23,26)(H,24,28). The molecule has 2 N–H and O–H groups in total. The minimum atomic E-state index is -5.16. The van der Waals surface area contributed by atoms with Crippen LogP contribution in [-0.4, -0.2) is 41.1 Å². The molecule has 2 aliphatic rings. The zero-order chi connectivity index (χ0) is 20.4. The highest BCUT2D eigenvalue weighted by molar-refractivity contribution is 6.09. The summed E-state index contributed by atoms with van der Waals surface area (Å²) in [4.78, 5) is 37.7. The van der Waals surface area contributed by atoms with Gasteiger partial charge in [0.05, 0.1) is 0 Å². The number of hydrogen-bond donors (Lipinski definition) is 2. The number of urea groups is 1. The molecule has 152 valence electrons. The maximum Gasteiger partial charge on any atom is 0.440 e. The Hall–Kier alpha value is -2.58. The maximum absolute atomic E-state index is 13.8. The van der Waals surface area contributed by atoms with E-state index in [4.69, 9.17) is 0 Å². The summed E-state index contributed by atoms with van der Waals surface area (Å²) in [6.07, 6.45) is -1.58. The number of nitrogens with zero attached hydrogens (tertiary/aromatic N) is 1. The van der Waals surface area contributed by atoms with Gasteiger partial charge >= 0.3 is 12.2 Å². The Morgan fingerprint density at radius 1 is 1.14 bits per heavy atom. The number of hydrogen-bond acceptors (Lipinski definition) is 3. The quantitative estimate of drug-likeness (QED) is 0.750. The van der Waals surface area contributed by atoms with E-state index < -0.39 is 35.6 Å². The van der Waals surface area contributed by atoms with Crippen molar-refractivity contribution < 1.29 is 27.6 Å². The summed E-state index contributed by atoms with van der Waals surface area (Å²) < 4.78 is 41.5. The lowest BCUT2D eigenvalue weighted by Crippen LogP contribution is -2.70. The van der Waals surface area contributed by atoms with E-state index in [0.29, 0.717) is 17.7 Å². The van der Waals surface area contributed by atoms with Crippen molar-refractivity contribution >= 4 is 17.8 Å². The molecule has 1 aromatic carbocycles. The van der Waals surface area contributed by atoms with E-state index in [0.717, 1.165) is 24.8 Å². The SMILES string of the molecule is O=C(NC1(C(F)(F)F)NC(=O)N(CCc2ccccc2)C1=O)C1CCCCC1. The lowest BCUT2D eigenvalue weighted by molar-refractivity contribution is -0.204. The van der Waals surface area contributed by atoms with Crippen molar-refractivity contribution in [3.63, 3.8) is 0 Å². The molecule has 1 saturated heterocycles. The van der Waals surface area contributed by atoms with Gasteiger partial charge in [0.2, 0.25) is 5.91 Å². The third-order valence-electron chi connectivity index (χ3n) is 5.28. The fourth-order valence-corrected chi connectivity index (χ4v) is 3.66. The first-order chi connectivity index (χ1) is 13.2. The van der Waals surface area contributed by atoms with Gasteiger partial charge in [-0.25, -0.2) is 4.79 Å². The monoisotopic (exact) mass is 397 g/mol. The highest BCUT2D eigenvalue weighted by Gasteiger charge is 2.68. The Morgan fingerprint density at radius 3 is 2.39 bits per heavy atom. The van der Waals surface area contributed by atoms with E-state index >= 15 is 0 Å². The molecule has 0 bridgehead atoms. The van der Waals surface area contributed by atoms with Crippen molar-refractivity contribution in [2.45, 2.75) is 50.4 Å². The fraction of sp³-hybridized carbons (Fsp3) is 0.526. The number of amides is 4. The number of rotatable bonds is 5. The van der Waals surface area contributed by atoms with Gasteiger partial charge in [-0.1, -0.05) is 49.6 Å². The normalized spacial score (nSPS) is 23.6. The number of halogens is 3. The van der Waals surface area contributed by atoms with Gasteiger partial charge in [0.25, 0.3) is 11.6 Å². The zero-order valence-corrected chi connectivity index (χ0v) is 15.2. The average Bonchev–Trinajstić information content (AvgIpc) is 2.92. The van der Waals surface area contributed by atoms with E-state index in [1.54, 1.807) is 35.6 Å². The first-order valence-corrected chi connectivity index (χ1v) is 9.31. The Balaban J connectivity index is 1.77. The Labute approximate surface area is 160 Å². The molecule has 1 heterocycles. The average molecular weight is 397 g/mol. The van der Waals surface area contributed by atoms with Crippen molar-refractivity contribution in [1.82, 2.24) is 15.5 Å². The van der Waals surface area contributed by atoms with Gasteiger partial charge < -0.3 is 5.32 Å². The van der Waals surface area contributed by atoms with Crippen LogP contribution in [0.1, 0.15) is 37.7 Å². The van der Waals surface area contributed by atoms with Crippen LogP contribution in [0.15, 0.2) is 30.3 Å². The minimum absolute atomic E-state index is 0.213. The lowest BCUT2D eigenvalue weighted by Gasteiger charge is -2.32. The second kappa shape index (κ2) is 7.81. The van der Waals surface area contributed by atoms with Gasteiger partial charge in [0, 0.05) is 12.5 Å². The van der Waals surface area contributed by atoms with Crippen molar-refractivity contribution in [3.05, 3.63) is 35.9 Å². The number of carbonyl (C=O) groups is 3. The van der Waals surface area contributed by atoms with Gasteiger partial charge in [-0.3, -0.25) is 19.8 Å². The largest absolute Gasteiger partial charge is 0.440 e. The molecule has 0 aromatic heterocycles. The van der Waals surface area contributed by atoms with Crippen LogP contribution in [0.25, 0.3) is 0 Å². The summed E-state index contributed by atoms with van der Waals surface area (Å²) in [6.45, 7) is -0.216. The van der Waals surface area contributed by atoms with Crippen molar-refractivity contribution in [3.8, 4) is 0 Å². The molecule has 1 atom stereocenters. The zero-order valence-electron chi connectivity index (χ0n) is 15.2. The molecule has 9 heteroatoms. The van der Waals surface area contributed by atoms with E-state index in [1.807, 2.05) is 5.32 Å². The number of alkyl halides is 3. The molecule has 6 nitrogen and oxygen atoms in total. The Bertz CT molecular complexity index is 748. The predicted molar refractivity (Wildman–Crippen MR) is 93.9 cm³/mol. The molecule has 1 aliphatic carbocycles. The lowest BCUT2D eigenvalue weighted by atomic mass is 9.88. The van der Waals surface area contributed by atoms with Crippen LogP contribution in [0.5, 0.6) is 0 Å². The highest BCUT2D eigenvalue weighted by atomic mass is 19.4. The third-order valence-corrected chi connectivity index (χ3v) is 5.28. The first kappa shape index (κ1) is 20.2. The summed E-state index contributed by atoms with van der Waals surface area (Å²) in [7, 11) is 0. The molecular weight excluding hydrogens is 375 g/mol. The molecule has 1 aromatic rings. The second-order valence-electron chi connectivity index (χ2n) is 7.19. The van der Waals surface area contributed by atoms with Crippen LogP contribution in [0, 0.1) is 5.92 Å². The Morgan fingerprint density at radius 2 is 1.79 bits per heavy atom. The van der Waals surface area contributed by atoms with Crippen LogP contribution >= 0.6 is 0 Å². The molecule has 0 radical (unpaired) electrons. The van der Waals surface area contributed by atoms with Crippen LogP contribution < -0.4 is 10.6 Å². The van der Waals surface area contributed by atoms with Gasteiger partial charge in [0.15, 0.2) is 0 Å². The van der Waals surface area contributed by atoms with E-state index in [-0.39, 0.29) is 13.0 Å². The number of imide groups is 1. The van der Waals surface area contributed by atoms with E-state index in [2.05, 4.69) is 0 Å². The topological polar surface area (TPSA) is 78.5 Å². The molecule has 1 saturated carbocycles. The number of carbonyl (C=O) groups excluding carboxylic acids is 3. The van der Waals surface area contributed by atoms with Crippen LogP contribution in [0.2, 0.25) is 0 Å². The molecule has 1 aliphatic heterocycles. The smallest absolute Gasteiger partial charge is 0.318 e. The first-order valence-electron chi connectivity index (χ1n) is 9.31. The van der Waals surface area contributed by atoms with Crippen LogP contribution in [-0.2, 0) is 16.0 Å². The van der Waals surface area contributed by atoms with E-state index in [9.17, 15) is 27.6 Å². The molecule has 3 rings (SSSR count). The summed E-state index contributed by atoms with van der Waals surface area (Å²) in [5, 5.41) is 3.52. The van der Waals surface area contributed by atoms with Gasteiger partial charge in [0.1, 0.15) is 0 Å². The molecule has 28 heavy (non-hydrogen) atoms. The van der Waals surface area contributed by atoms with E-state index in [1.165, 1.54) is 0 Å². The van der Waals surface area contributed by atoms with Crippen molar-refractivity contribution in [1.29, 1.82) is 0 Å². The van der Waals surface area contributed by atoms with Gasteiger partial charge in [-0.05, 0) is 24.8 Å². The molecule has 2 fully saturated rings. The summed E-state index contributed by atoms with van der Waals surface area (Å²) >= 11 is 0. The summed E-state index contributed by atoms with van der Waals surface area (Å²) in [6, 6.07) is 7.63. The summed E-state index contributed by atoms with van der Waals surface area (Å²) in [5.74, 6) is -2.93. The minimum Gasteiger partial charge on any atom is -0.318 e. The Kier molecular flexibility index (Phi) is 5.62. The summed E-state index contributed by atoms with van der Waals surface area (Å²) in [5.41, 5.74) is -2.63. The van der Waals surface area contributed by atoms with Crippen molar-refractivity contribution in [2.75, 3.05) is 6.54 Å². The van der Waals surface area contributed by atoms with Crippen LogP contribution in [0.3, 0.4) is 0 Å². The molecular formula is C19H22F3N3O3. The second-order valence-corrected chi connectivity index (χ2v) is 7.19. The molecule has 1 unspecified atom stereocenters. The fourth-order valence-electron chi connectivity index (χ4n) is 3.66. The predicted octanol–water partition coefficient (Wildman–Crippen LogP) is 2.74. The van der Waals surface area contributed by atoms with Gasteiger partial charge in [-0.2, -0.15) is 13.2 Å². The van der Waals surface area contributed by atoms with Crippen molar-refractivity contribution in [2.24, 2.45) is 5.92 Å². The maximum atomic E-state index is 13.8.